The van der Waals surface area contributed by atoms with Crippen molar-refractivity contribution in [3.8, 4) is 12.0 Å². The van der Waals surface area contributed by atoms with E-state index in [9.17, 15) is 4.79 Å². The smallest absolute Gasteiger partial charge is 0.436 e. The number of carbonyl (C=O) groups excluding carboxylic acids is 1. The molecule has 13 heavy (non-hydrogen) atoms. The zero-order valence-electron chi connectivity index (χ0n) is 7.55. The Bertz CT molecular complexity index is 210. The van der Waals surface area contributed by atoms with Crippen LogP contribution < -0.4 is 5.84 Å². The summed E-state index contributed by atoms with van der Waals surface area (Å²) in [6.45, 7) is 2.42. The van der Waals surface area contributed by atoms with Gasteiger partial charge in [0.15, 0.2) is 0 Å². The van der Waals surface area contributed by atoms with E-state index in [1.807, 2.05) is 6.92 Å². The largest absolute Gasteiger partial charge is 0.448 e. The maximum Gasteiger partial charge on any atom is 0.436 e. The molecule has 0 radical (unpaired) electrons. The Hall–Kier alpha value is -0.480. The first-order valence-corrected chi connectivity index (χ1v) is 5.51. The molecule has 0 saturated heterocycles. The van der Waals surface area contributed by atoms with E-state index < -0.39 is 6.09 Å². The van der Waals surface area contributed by atoms with Crippen molar-refractivity contribution in [2.75, 3.05) is 11.0 Å². The van der Waals surface area contributed by atoms with E-state index in [0.717, 1.165) is 17.9 Å². The van der Waals surface area contributed by atoms with Gasteiger partial charge in [0.05, 0.1) is 11.0 Å². The summed E-state index contributed by atoms with van der Waals surface area (Å²) in [7, 11) is 0. The molecule has 0 bridgehead atoms. The van der Waals surface area contributed by atoms with E-state index in [2.05, 4.69) is 34.6 Å². The summed E-state index contributed by atoms with van der Waals surface area (Å²) in [5.41, 5.74) is 0. The summed E-state index contributed by atoms with van der Waals surface area (Å²) >= 11 is 2.07. The fourth-order valence-electron chi connectivity index (χ4n) is 0.534. The van der Waals surface area contributed by atoms with E-state index in [0.29, 0.717) is 11.0 Å². The normalized spacial score (nSPS) is 8.54. The van der Waals surface area contributed by atoms with E-state index in [-0.39, 0.29) is 0 Å². The first-order chi connectivity index (χ1) is 6.22. The van der Waals surface area contributed by atoms with E-state index in [1.165, 1.54) is 0 Å². The number of carbonyl (C=O) groups is 1. The lowest BCUT2D eigenvalue weighted by atomic mass is 10.4. The molecular formula is C8H13IN2O2. The number of hydrogen-bond acceptors (Lipinski definition) is 3. The van der Waals surface area contributed by atoms with Gasteiger partial charge in [0.25, 0.3) is 0 Å². The van der Waals surface area contributed by atoms with Crippen molar-refractivity contribution >= 4 is 28.7 Å². The summed E-state index contributed by atoms with van der Waals surface area (Å²) in [6.07, 6.45) is 1.24. The first-order valence-electron chi connectivity index (χ1n) is 3.98. The van der Waals surface area contributed by atoms with Crippen LogP contribution in [0.5, 0.6) is 0 Å². The minimum Gasteiger partial charge on any atom is -0.448 e. The van der Waals surface area contributed by atoms with Crippen molar-refractivity contribution in [2.24, 2.45) is 5.84 Å². The number of ether oxygens (including phenoxy) is 1. The molecule has 0 saturated carbocycles. The molecule has 1 amide bonds. The summed E-state index contributed by atoms with van der Waals surface area (Å²) < 4.78 is 5.43. The SMILES string of the molecule is CCCCOC(=O)N(N)C#CCI. The molecule has 0 atom stereocenters. The van der Waals surface area contributed by atoms with E-state index in [4.69, 9.17) is 10.6 Å². The molecule has 0 aliphatic heterocycles. The third-order valence-corrected chi connectivity index (χ3v) is 1.57. The molecule has 0 aromatic carbocycles. The number of nitrogens with zero attached hydrogens (tertiary/aromatic N) is 1. The average Bonchev–Trinajstić information content (AvgIpc) is 2.14. The van der Waals surface area contributed by atoms with Crippen molar-refractivity contribution in [3.05, 3.63) is 0 Å². The number of alkyl halides is 1. The van der Waals surface area contributed by atoms with Crippen molar-refractivity contribution in [1.29, 1.82) is 0 Å². The summed E-state index contributed by atoms with van der Waals surface area (Å²) in [6, 6.07) is 2.44. The zero-order valence-corrected chi connectivity index (χ0v) is 9.70. The van der Waals surface area contributed by atoms with Gasteiger partial charge in [-0.3, -0.25) is 0 Å². The minimum atomic E-state index is -0.592. The Balaban J connectivity index is 3.69. The second-order valence-electron chi connectivity index (χ2n) is 2.26. The highest BCUT2D eigenvalue weighted by Gasteiger charge is 2.06. The van der Waals surface area contributed by atoms with Gasteiger partial charge in [-0.1, -0.05) is 41.9 Å². The summed E-state index contributed by atoms with van der Waals surface area (Å²) in [5.74, 6) is 7.92. The number of hydrazine groups is 1. The molecule has 0 spiro atoms. The number of nitrogens with two attached hydrogens (primary N) is 1. The van der Waals surface area contributed by atoms with Gasteiger partial charge in [-0.2, -0.15) is 5.01 Å². The topological polar surface area (TPSA) is 55.6 Å². The molecular weight excluding hydrogens is 283 g/mol. The standard InChI is InChI=1S/C8H13IN2O2/c1-2-3-7-13-8(12)11(10)6-4-5-9/h2-3,5,7,10H2,1H3. The van der Waals surface area contributed by atoms with Crippen LogP contribution in [0.15, 0.2) is 0 Å². The lowest BCUT2D eigenvalue weighted by Gasteiger charge is -2.08. The third kappa shape index (κ3) is 6.66. The van der Waals surface area contributed by atoms with Crippen LogP contribution in [0.4, 0.5) is 4.79 Å². The molecule has 0 aromatic rings. The molecule has 0 aromatic heterocycles. The Morgan fingerprint density at radius 2 is 2.38 bits per heavy atom. The number of halogens is 1. The molecule has 0 aliphatic rings. The third-order valence-electron chi connectivity index (χ3n) is 1.19. The van der Waals surface area contributed by atoms with Crippen LogP contribution >= 0.6 is 22.6 Å². The van der Waals surface area contributed by atoms with Gasteiger partial charge in [0, 0.05) is 6.04 Å². The van der Waals surface area contributed by atoms with Gasteiger partial charge in [-0.15, -0.1) is 0 Å². The predicted octanol–water partition coefficient (Wildman–Crippen LogP) is 1.49. The number of rotatable bonds is 3. The Labute approximate surface area is 91.9 Å². The zero-order chi connectivity index (χ0) is 10.1. The number of amides is 1. The fraction of sp³-hybridized carbons (Fsp3) is 0.625. The molecule has 4 nitrogen and oxygen atoms in total. The molecule has 0 heterocycles. The highest BCUT2D eigenvalue weighted by Crippen LogP contribution is 1.91. The van der Waals surface area contributed by atoms with Gasteiger partial charge < -0.3 is 4.74 Å². The van der Waals surface area contributed by atoms with Crippen LogP contribution in [0.25, 0.3) is 0 Å². The van der Waals surface area contributed by atoms with Gasteiger partial charge in [-0.25, -0.2) is 10.6 Å². The molecule has 0 aliphatic carbocycles. The quantitative estimate of drug-likeness (QED) is 0.125. The second-order valence-corrected chi connectivity index (χ2v) is 3.02. The van der Waals surface area contributed by atoms with Gasteiger partial charge >= 0.3 is 6.09 Å². The van der Waals surface area contributed by atoms with Crippen LogP contribution in [0, 0.1) is 12.0 Å². The molecule has 5 heteroatoms. The minimum absolute atomic E-state index is 0.398. The summed E-state index contributed by atoms with van der Waals surface area (Å²) in [5, 5.41) is 0.772. The van der Waals surface area contributed by atoms with Crippen molar-refractivity contribution in [1.82, 2.24) is 5.01 Å². The number of unbranched alkanes of at least 4 members (excludes halogenated alkanes) is 1. The second kappa shape index (κ2) is 8.13. The first kappa shape index (κ1) is 12.5. The molecule has 74 valence electrons. The Morgan fingerprint density at radius 3 is 2.92 bits per heavy atom. The van der Waals surface area contributed by atoms with Crippen LogP contribution in [-0.2, 0) is 4.74 Å². The van der Waals surface area contributed by atoms with Crippen LogP contribution in [0.1, 0.15) is 19.8 Å². The molecule has 0 unspecified atom stereocenters. The van der Waals surface area contributed by atoms with Crippen molar-refractivity contribution in [2.45, 2.75) is 19.8 Å². The maximum absolute atomic E-state index is 11.0. The van der Waals surface area contributed by atoms with Crippen molar-refractivity contribution < 1.29 is 9.53 Å². The Kier molecular flexibility index (Phi) is 7.83. The van der Waals surface area contributed by atoms with E-state index >= 15 is 0 Å². The van der Waals surface area contributed by atoms with Gasteiger partial charge in [-0.05, 0) is 6.42 Å². The van der Waals surface area contributed by atoms with Crippen LogP contribution in [-0.4, -0.2) is 22.1 Å². The molecule has 0 rings (SSSR count). The maximum atomic E-state index is 11.0. The van der Waals surface area contributed by atoms with Gasteiger partial charge in [0.2, 0.25) is 0 Å². The molecule has 2 N–H and O–H groups in total. The lowest BCUT2D eigenvalue weighted by molar-refractivity contribution is 0.118. The van der Waals surface area contributed by atoms with Crippen LogP contribution in [0.3, 0.4) is 0 Å². The number of hydrogen-bond donors (Lipinski definition) is 1. The Morgan fingerprint density at radius 1 is 1.69 bits per heavy atom. The van der Waals surface area contributed by atoms with Crippen LogP contribution in [0.2, 0.25) is 0 Å². The fourth-order valence-corrected chi connectivity index (χ4v) is 0.705. The van der Waals surface area contributed by atoms with E-state index in [1.54, 1.807) is 0 Å². The highest BCUT2D eigenvalue weighted by molar-refractivity contribution is 14.1. The average molecular weight is 296 g/mol. The summed E-state index contributed by atoms with van der Waals surface area (Å²) in [4.78, 5) is 11.0. The predicted molar refractivity (Wildman–Crippen MR) is 58.9 cm³/mol. The van der Waals surface area contributed by atoms with Crippen molar-refractivity contribution in [3.63, 3.8) is 0 Å². The lowest BCUT2D eigenvalue weighted by Crippen LogP contribution is -2.33. The monoisotopic (exact) mass is 296 g/mol. The van der Waals surface area contributed by atoms with Gasteiger partial charge in [0.1, 0.15) is 0 Å². The molecule has 0 fully saturated rings. The highest BCUT2D eigenvalue weighted by atomic mass is 127.